The van der Waals surface area contributed by atoms with Crippen molar-refractivity contribution in [1.82, 2.24) is 9.13 Å². The molecule has 0 saturated carbocycles. The minimum atomic E-state index is -0.528. The van der Waals surface area contributed by atoms with Crippen LogP contribution in [0.25, 0.3) is 0 Å². The summed E-state index contributed by atoms with van der Waals surface area (Å²) in [5, 5.41) is 5.06. The second-order valence-electron chi connectivity index (χ2n) is 4.21. The Morgan fingerprint density at radius 2 is 1.65 bits per heavy atom. The first-order valence-electron chi connectivity index (χ1n) is 5.89. The summed E-state index contributed by atoms with van der Waals surface area (Å²) in [6.45, 7) is 0. The highest BCUT2D eigenvalue weighted by Crippen LogP contribution is 2.06. The highest BCUT2D eigenvalue weighted by atomic mass is 16.2. The Labute approximate surface area is 114 Å². The lowest BCUT2D eigenvalue weighted by atomic mass is 10.3. The number of hydrogen-bond donors (Lipinski definition) is 2. The molecule has 20 heavy (non-hydrogen) atoms. The molecule has 0 atom stereocenters. The zero-order valence-corrected chi connectivity index (χ0v) is 11.1. The standard InChI is InChI=1S/C13H14N4O3/c1-16-10(8-11(18)17(2)13(16)20)15-12(19)14-9-6-4-3-5-7-9/h3-8H,1-2H3,(H2,14,15,19). The Morgan fingerprint density at radius 1 is 1.00 bits per heavy atom. The zero-order valence-electron chi connectivity index (χ0n) is 11.1. The normalized spacial score (nSPS) is 10.1. The second-order valence-corrected chi connectivity index (χ2v) is 4.21. The molecule has 0 unspecified atom stereocenters. The fourth-order valence-corrected chi connectivity index (χ4v) is 1.65. The molecule has 0 saturated heterocycles. The van der Waals surface area contributed by atoms with Gasteiger partial charge in [-0.2, -0.15) is 0 Å². The third-order valence-electron chi connectivity index (χ3n) is 2.80. The van der Waals surface area contributed by atoms with Crippen LogP contribution in [0, 0.1) is 0 Å². The van der Waals surface area contributed by atoms with Gasteiger partial charge < -0.3 is 5.32 Å². The van der Waals surface area contributed by atoms with Crippen LogP contribution in [0.1, 0.15) is 0 Å². The van der Waals surface area contributed by atoms with Gasteiger partial charge in [0, 0.05) is 25.8 Å². The van der Waals surface area contributed by atoms with Gasteiger partial charge in [-0.25, -0.2) is 9.59 Å². The summed E-state index contributed by atoms with van der Waals surface area (Å²) in [6, 6.07) is 9.50. The number of urea groups is 1. The van der Waals surface area contributed by atoms with E-state index in [9.17, 15) is 14.4 Å². The van der Waals surface area contributed by atoms with Crippen LogP contribution in [0.5, 0.6) is 0 Å². The average molecular weight is 274 g/mol. The van der Waals surface area contributed by atoms with Crippen LogP contribution in [0.15, 0.2) is 46.0 Å². The summed E-state index contributed by atoms with van der Waals surface area (Å²) in [6.07, 6.45) is 0. The predicted octanol–water partition coefficient (Wildman–Crippen LogP) is 0.728. The Hall–Kier alpha value is -2.83. The van der Waals surface area contributed by atoms with Crippen molar-refractivity contribution in [1.29, 1.82) is 0 Å². The molecule has 7 heteroatoms. The van der Waals surface area contributed by atoms with Gasteiger partial charge in [-0.1, -0.05) is 18.2 Å². The topological polar surface area (TPSA) is 85.1 Å². The number of rotatable bonds is 2. The van der Waals surface area contributed by atoms with Gasteiger partial charge in [-0.15, -0.1) is 0 Å². The van der Waals surface area contributed by atoms with Crippen LogP contribution in [0.2, 0.25) is 0 Å². The average Bonchev–Trinajstić information content (AvgIpc) is 2.43. The Kier molecular flexibility index (Phi) is 3.69. The lowest BCUT2D eigenvalue weighted by molar-refractivity contribution is 0.262. The minimum Gasteiger partial charge on any atom is -0.308 e. The Balaban J connectivity index is 2.21. The molecule has 1 aromatic carbocycles. The molecule has 0 aliphatic carbocycles. The molecule has 0 radical (unpaired) electrons. The first-order valence-corrected chi connectivity index (χ1v) is 5.89. The summed E-state index contributed by atoms with van der Waals surface area (Å²) in [5.74, 6) is 0.131. The third-order valence-corrected chi connectivity index (χ3v) is 2.80. The maximum Gasteiger partial charge on any atom is 0.332 e. The van der Waals surface area contributed by atoms with E-state index in [2.05, 4.69) is 10.6 Å². The summed E-state index contributed by atoms with van der Waals surface area (Å²) >= 11 is 0. The molecule has 2 aromatic rings. The van der Waals surface area contributed by atoms with E-state index in [0.29, 0.717) is 5.69 Å². The molecule has 0 aliphatic heterocycles. The highest BCUT2D eigenvalue weighted by molar-refractivity contribution is 5.99. The number of amides is 2. The molecule has 0 fully saturated rings. The summed E-state index contributed by atoms with van der Waals surface area (Å²) in [5.41, 5.74) is -0.380. The molecule has 2 amide bonds. The van der Waals surface area contributed by atoms with Crippen molar-refractivity contribution in [3.63, 3.8) is 0 Å². The van der Waals surface area contributed by atoms with Crippen molar-refractivity contribution in [3.05, 3.63) is 57.2 Å². The van der Waals surface area contributed by atoms with E-state index in [1.807, 2.05) is 6.07 Å². The first kappa shape index (κ1) is 13.6. The van der Waals surface area contributed by atoms with Crippen LogP contribution in [-0.2, 0) is 14.1 Å². The number of para-hydroxylation sites is 1. The van der Waals surface area contributed by atoms with Crippen LogP contribution in [0.4, 0.5) is 16.3 Å². The van der Waals surface area contributed by atoms with E-state index in [0.717, 1.165) is 4.57 Å². The maximum atomic E-state index is 11.8. The first-order chi connectivity index (χ1) is 9.49. The Bertz CT molecular complexity index is 746. The van der Waals surface area contributed by atoms with E-state index < -0.39 is 17.3 Å². The number of nitrogens with zero attached hydrogens (tertiary/aromatic N) is 2. The predicted molar refractivity (Wildman–Crippen MR) is 76.0 cm³/mol. The molecule has 7 nitrogen and oxygen atoms in total. The second kappa shape index (κ2) is 5.43. The molecule has 2 N–H and O–H groups in total. The van der Waals surface area contributed by atoms with E-state index in [-0.39, 0.29) is 5.82 Å². The molecule has 0 aliphatic rings. The maximum absolute atomic E-state index is 11.8. The number of benzene rings is 1. The van der Waals surface area contributed by atoms with Crippen molar-refractivity contribution in [2.24, 2.45) is 14.1 Å². The van der Waals surface area contributed by atoms with Crippen LogP contribution in [0.3, 0.4) is 0 Å². The highest BCUT2D eigenvalue weighted by Gasteiger charge is 2.09. The van der Waals surface area contributed by atoms with Gasteiger partial charge >= 0.3 is 11.7 Å². The number of nitrogens with one attached hydrogen (secondary N) is 2. The number of carbonyl (C=O) groups is 1. The fourth-order valence-electron chi connectivity index (χ4n) is 1.65. The van der Waals surface area contributed by atoms with Gasteiger partial charge in [-0.05, 0) is 12.1 Å². The molecule has 2 rings (SSSR count). The third kappa shape index (κ3) is 2.77. The number of carbonyl (C=O) groups excluding carboxylic acids is 1. The van der Waals surface area contributed by atoms with Crippen LogP contribution in [-0.4, -0.2) is 15.2 Å². The van der Waals surface area contributed by atoms with E-state index in [1.165, 1.54) is 24.7 Å². The summed E-state index contributed by atoms with van der Waals surface area (Å²) in [7, 11) is 2.85. The molecule has 0 spiro atoms. The quantitative estimate of drug-likeness (QED) is 0.846. The number of aromatic nitrogens is 2. The van der Waals surface area contributed by atoms with Gasteiger partial charge in [0.15, 0.2) is 0 Å². The van der Waals surface area contributed by atoms with Crippen molar-refractivity contribution in [3.8, 4) is 0 Å². The van der Waals surface area contributed by atoms with E-state index >= 15 is 0 Å². The van der Waals surface area contributed by atoms with Gasteiger partial charge in [0.05, 0.1) is 0 Å². The molecule has 1 aromatic heterocycles. The monoisotopic (exact) mass is 274 g/mol. The Morgan fingerprint density at radius 3 is 2.30 bits per heavy atom. The van der Waals surface area contributed by atoms with Gasteiger partial charge in [0.2, 0.25) is 0 Å². The minimum absolute atomic E-state index is 0.131. The molecule has 1 heterocycles. The van der Waals surface area contributed by atoms with Crippen molar-refractivity contribution in [2.75, 3.05) is 10.6 Å². The SMILES string of the molecule is Cn1c(NC(=O)Nc2ccccc2)cc(=O)n(C)c1=O. The molecule has 0 bridgehead atoms. The summed E-state index contributed by atoms with van der Waals surface area (Å²) < 4.78 is 2.15. The van der Waals surface area contributed by atoms with Crippen LogP contribution >= 0.6 is 0 Å². The number of hydrogen-bond acceptors (Lipinski definition) is 3. The van der Waals surface area contributed by atoms with Crippen molar-refractivity contribution in [2.45, 2.75) is 0 Å². The summed E-state index contributed by atoms with van der Waals surface area (Å²) in [4.78, 5) is 35.0. The van der Waals surface area contributed by atoms with Gasteiger partial charge in [0.1, 0.15) is 5.82 Å². The largest absolute Gasteiger partial charge is 0.332 e. The van der Waals surface area contributed by atoms with Crippen LogP contribution < -0.4 is 21.9 Å². The van der Waals surface area contributed by atoms with Gasteiger partial charge in [-0.3, -0.25) is 19.2 Å². The molecular weight excluding hydrogens is 260 g/mol. The fraction of sp³-hybridized carbons (Fsp3) is 0.154. The zero-order chi connectivity index (χ0) is 14.7. The smallest absolute Gasteiger partial charge is 0.308 e. The number of anilines is 2. The molecule has 104 valence electrons. The van der Waals surface area contributed by atoms with E-state index in [4.69, 9.17) is 0 Å². The molecular formula is C13H14N4O3. The van der Waals surface area contributed by atoms with Crippen molar-refractivity contribution < 1.29 is 4.79 Å². The van der Waals surface area contributed by atoms with Gasteiger partial charge in [0.25, 0.3) is 5.56 Å². The van der Waals surface area contributed by atoms with Crippen molar-refractivity contribution >= 4 is 17.5 Å². The van der Waals surface area contributed by atoms with E-state index in [1.54, 1.807) is 24.3 Å². The lowest BCUT2D eigenvalue weighted by Crippen LogP contribution is -2.38. The lowest BCUT2D eigenvalue weighted by Gasteiger charge is -2.11.